The van der Waals surface area contributed by atoms with Gasteiger partial charge in [0, 0.05) is 43.2 Å². The lowest BCUT2D eigenvalue weighted by molar-refractivity contribution is -0.138. The zero-order chi connectivity index (χ0) is 18.3. The number of amides is 2. The predicted molar refractivity (Wildman–Crippen MR) is 101 cm³/mol. The van der Waals surface area contributed by atoms with E-state index < -0.39 is 5.91 Å². The van der Waals surface area contributed by atoms with Crippen molar-refractivity contribution in [1.29, 1.82) is 0 Å². The lowest BCUT2D eigenvalue weighted by Crippen LogP contribution is -2.58. The van der Waals surface area contributed by atoms with E-state index in [1.165, 1.54) is 19.3 Å². The third kappa shape index (κ3) is 3.25. The molecular formula is C21H29N3O2. The molecule has 2 saturated carbocycles. The number of hydrogen-bond donors (Lipinski definition) is 1. The molecule has 5 heteroatoms. The van der Waals surface area contributed by atoms with Crippen molar-refractivity contribution in [2.24, 2.45) is 11.7 Å². The first-order valence-corrected chi connectivity index (χ1v) is 10.0. The fourth-order valence-corrected chi connectivity index (χ4v) is 4.55. The molecule has 140 valence electrons. The van der Waals surface area contributed by atoms with Gasteiger partial charge in [-0.05, 0) is 49.3 Å². The SMILES string of the molecule is CC[C@@H]1CN(C2CCC2)CCN1C(=O)[C@@H]1C[C@H]1c1ccc(C(N)=O)cc1. The molecule has 4 rings (SSSR count). The van der Waals surface area contributed by atoms with Crippen LogP contribution in [-0.2, 0) is 4.79 Å². The number of primary amides is 1. The lowest BCUT2D eigenvalue weighted by Gasteiger charge is -2.47. The van der Waals surface area contributed by atoms with Crippen LogP contribution in [0, 0.1) is 5.92 Å². The summed E-state index contributed by atoms with van der Waals surface area (Å²) in [5, 5.41) is 0. The van der Waals surface area contributed by atoms with Crippen molar-refractivity contribution in [3.05, 3.63) is 35.4 Å². The van der Waals surface area contributed by atoms with Gasteiger partial charge in [-0.15, -0.1) is 0 Å². The second-order valence-electron chi connectivity index (χ2n) is 8.11. The van der Waals surface area contributed by atoms with Crippen LogP contribution in [0.5, 0.6) is 0 Å². The number of carbonyl (C=O) groups excluding carboxylic acids is 2. The summed E-state index contributed by atoms with van der Waals surface area (Å²) in [5.74, 6) is 0.328. The maximum atomic E-state index is 13.1. The van der Waals surface area contributed by atoms with Gasteiger partial charge in [-0.3, -0.25) is 14.5 Å². The van der Waals surface area contributed by atoms with E-state index in [0.29, 0.717) is 23.4 Å². The molecule has 2 N–H and O–H groups in total. The van der Waals surface area contributed by atoms with E-state index >= 15 is 0 Å². The average molecular weight is 355 g/mol. The van der Waals surface area contributed by atoms with Crippen molar-refractivity contribution < 1.29 is 9.59 Å². The normalized spacial score (nSPS) is 29.3. The average Bonchev–Trinajstić information content (AvgIpc) is 3.40. The van der Waals surface area contributed by atoms with Crippen molar-refractivity contribution >= 4 is 11.8 Å². The fourth-order valence-electron chi connectivity index (χ4n) is 4.55. The summed E-state index contributed by atoms with van der Waals surface area (Å²) in [6.07, 6.45) is 5.97. The summed E-state index contributed by atoms with van der Waals surface area (Å²) in [7, 11) is 0. The van der Waals surface area contributed by atoms with Gasteiger partial charge >= 0.3 is 0 Å². The molecule has 0 unspecified atom stereocenters. The maximum Gasteiger partial charge on any atom is 0.248 e. The van der Waals surface area contributed by atoms with E-state index in [-0.39, 0.29) is 5.92 Å². The molecule has 3 aliphatic rings. The van der Waals surface area contributed by atoms with Gasteiger partial charge in [0.15, 0.2) is 0 Å². The Morgan fingerprint density at radius 2 is 1.88 bits per heavy atom. The summed E-state index contributed by atoms with van der Waals surface area (Å²) >= 11 is 0. The smallest absolute Gasteiger partial charge is 0.248 e. The molecule has 0 aromatic heterocycles. The van der Waals surface area contributed by atoms with Crippen LogP contribution < -0.4 is 5.73 Å². The Bertz CT molecular complexity index is 683. The maximum absolute atomic E-state index is 13.1. The van der Waals surface area contributed by atoms with Crippen LogP contribution in [0.3, 0.4) is 0 Å². The fraction of sp³-hybridized carbons (Fsp3) is 0.619. The zero-order valence-electron chi connectivity index (χ0n) is 15.6. The van der Waals surface area contributed by atoms with Crippen molar-refractivity contribution in [2.45, 2.75) is 57.0 Å². The Balaban J connectivity index is 1.38. The molecule has 1 aliphatic heterocycles. The second kappa shape index (κ2) is 7.03. The third-order valence-electron chi connectivity index (χ3n) is 6.59. The van der Waals surface area contributed by atoms with Crippen molar-refractivity contribution in [3.63, 3.8) is 0 Å². The van der Waals surface area contributed by atoms with Crippen LogP contribution in [-0.4, -0.2) is 53.3 Å². The minimum Gasteiger partial charge on any atom is -0.366 e. The lowest BCUT2D eigenvalue weighted by atomic mass is 9.90. The highest BCUT2D eigenvalue weighted by Crippen LogP contribution is 2.49. The topological polar surface area (TPSA) is 66.6 Å². The first-order chi connectivity index (χ1) is 12.6. The van der Waals surface area contributed by atoms with E-state index in [1.54, 1.807) is 12.1 Å². The van der Waals surface area contributed by atoms with Gasteiger partial charge < -0.3 is 10.6 Å². The Hall–Kier alpha value is -1.88. The molecule has 1 saturated heterocycles. The Morgan fingerprint density at radius 3 is 2.46 bits per heavy atom. The summed E-state index contributed by atoms with van der Waals surface area (Å²) in [5.41, 5.74) is 6.97. The van der Waals surface area contributed by atoms with Crippen molar-refractivity contribution in [3.8, 4) is 0 Å². The molecule has 1 aromatic rings. The molecule has 1 aromatic carbocycles. The summed E-state index contributed by atoms with van der Waals surface area (Å²) in [6.45, 7) is 5.13. The van der Waals surface area contributed by atoms with Crippen LogP contribution in [0.15, 0.2) is 24.3 Å². The molecule has 3 atom stereocenters. The number of benzene rings is 1. The summed E-state index contributed by atoms with van der Waals surface area (Å²) in [6, 6.07) is 8.55. The summed E-state index contributed by atoms with van der Waals surface area (Å²) < 4.78 is 0. The van der Waals surface area contributed by atoms with Gasteiger partial charge in [-0.2, -0.15) is 0 Å². The van der Waals surface area contributed by atoms with Crippen LogP contribution in [0.2, 0.25) is 0 Å². The Labute approximate surface area is 155 Å². The van der Waals surface area contributed by atoms with Crippen LogP contribution >= 0.6 is 0 Å². The molecular weight excluding hydrogens is 326 g/mol. The first-order valence-electron chi connectivity index (χ1n) is 10.0. The van der Waals surface area contributed by atoms with E-state index in [2.05, 4.69) is 16.7 Å². The highest BCUT2D eigenvalue weighted by Gasteiger charge is 2.47. The summed E-state index contributed by atoms with van der Waals surface area (Å²) in [4.78, 5) is 29.0. The van der Waals surface area contributed by atoms with E-state index in [9.17, 15) is 9.59 Å². The van der Waals surface area contributed by atoms with Crippen LogP contribution in [0.25, 0.3) is 0 Å². The standard InChI is InChI=1S/C21H29N3O2/c1-2-16-13-23(17-4-3-5-17)10-11-24(16)21(26)19-12-18(19)14-6-8-15(9-7-14)20(22)25/h6-9,16-19H,2-5,10-13H2,1H3,(H2,22,25)/t16-,18+,19-/m1/s1. The molecule has 5 nitrogen and oxygen atoms in total. The number of nitrogens with two attached hydrogens (primary N) is 1. The predicted octanol–water partition coefficient (Wildman–Crippen LogP) is 2.36. The third-order valence-corrected chi connectivity index (χ3v) is 6.59. The zero-order valence-corrected chi connectivity index (χ0v) is 15.6. The van der Waals surface area contributed by atoms with Crippen molar-refractivity contribution in [2.75, 3.05) is 19.6 Å². The van der Waals surface area contributed by atoms with E-state index in [0.717, 1.165) is 44.1 Å². The van der Waals surface area contributed by atoms with Crippen LogP contribution in [0.1, 0.15) is 60.9 Å². The van der Waals surface area contributed by atoms with Gasteiger partial charge in [0.05, 0.1) is 0 Å². The number of piperazine rings is 1. The second-order valence-corrected chi connectivity index (χ2v) is 8.11. The highest BCUT2D eigenvalue weighted by atomic mass is 16.2. The monoisotopic (exact) mass is 355 g/mol. The number of rotatable bonds is 5. The van der Waals surface area contributed by atoms with E-state index in [4.69, 9.17) is 5.73 Å². The Kier molecular flexibility index (Phi) is 4.74. The minimum absolute atomic E-state index is 0.110. The number of carbonyl (C=O) groups is 2. The van der Waals surface area contributed by atoms with Gasteiger partial charge in [0.1, 0.15) is 0 Å². The highest BCUT2D eigenvalue weighted by molar-refractivity contribution is 5.92. The number of hydrogen-bond acceptors (Lipinski definition) is 3. The van der Waals surface area contributed by atoms with Crippen molar-refractivity contribution in [1.82, 2.24) is 9.80 Å². The molecule has 2 aliphatic carbocycles. The number of nitrogens with zero attached hydrogens (tertiary/aromatic N) is 2. The Morgan fingerprint density at radius 1 is 1.15 bits per heavy atom. The molecule has 0 radical (unpaired) electrons. The quantitative estimate of drug-likeness (QED) is 0.882. The van der Waals surface area contributed by atoms with Gasteiger partial charge in [0.25, 0.3) is 0 Å². The molecule has 26 heavy (non-hydrogen) atoms. The molecule has 0 spiro atoms. The molecule has 2 amide bonds. The van der Waals surface area contributed by atoms with E-state index in [1.807, 2.05) is 12.1 Å². The largest absolute Gasteiger partial charge is 0.366 e. The van der Waals surface area contributed by atoms with Gasteiger partial charge in [-0.25, -0.2) is 0 Å². The molecule has 1 heterocycles. The molecule has 3 fully saturated rings. The molecule has 0 bridgehead atoms. The van der Waals surface area contributed by atoms with Crippen LogP contribution in [0.4, 0.5) is 0 Å². The van der Waals surface area contributed by atoms with Gasteiger partial charge in [0.2, 0.25) is 11.8 Å². The first kappa shape index (κ1) is 17.5. The van der Waals surface area contributed by atoms with Gasteiger partial charge in [-0.1, -0.05) is 25.5 Å². The minimum atomic E-state index is -0.407.